The molecule has 0 aliphatic carbocycles. The first-order valence-corrected chi connectivity index (χ1v) is 6.10. The zero-order chi connectivity index (χ0) is 10.2. The van der Waals surface area contributed by atoms with E-state index in [0.717, 1.165) is 5.92 Å². The molecule has 1 aromatic carbocycles. The Kier molecular flexibility index (Phi) is 5.46. The Bertz CT molecular complexity index is 264. The Balaban J connectivity index is 2.27. The maximum atomic E-state index is 2.30. The number of thioether (sulfide) groups is 1. The lowest BCUT2D eigenvalue weighted by Crippen LogP contribution is -1.95. The smallest absolute Gasteiger partial charge is 0.00720 e. The summed E-state index contributed by atoms with van der Waals surface area (Å²) in [5.74, 6) is 1.96. The van der Waals surface area contributed by atoms with Crippen LogP contribution in [0.25, 0.3) is 0 Å². The molecule has 0 spiro atoms. The second-order valence-corrected chi connectivity index (χ2v) is 4.63. The number of rotatable bonds is 5. The van der Waals surface area contributed by atoms with E-state index in [9.17, 15) is 0 Å². The molecule has 1 aromatic rings. The fraction of sp³-hybridized carbons (Fsp3) is 0.385. The molecule has 0 saturated heterocycles. The van der Waals surface area contributed by atoms with Crippen LogP contribution in [-0.4, -0.2) is 5.75 Å². The molecule has 0 saturated carbocycles. The van der Waals surface area contributed by atoms with Gasteiger partial charge in [-0.1, -0.05) is 37.3 Å². The van der Waals surface area contributed by atoms with Crippen molar-refractivity contribution >= 4 is 11.8 Å². The van der Waals surface area contributed by atoms with Crippen molar-refractivity contribution < 1.29 is 0 Å². The van der Waals surface area contributed by atoms with E-state index < -0.39 is 0 Å². The Hall–Kier alpha value is -0.690. The van der Waals surface area contributed by atoms with Crippen molar-refractivity contribution in [2.45, 2.75) is 25.2 Å². The van der Waals surface area contributed by atoms with Crippen molar-refractivity contribution in [2.24, 2.45) is 5.92 Å². The minimum atomic E-state index is 0.761. The predicted molar refractivity (Wildman–Crippen MR) is 65.8 cm³/mol. The van der Waals surface area contributed by atoms with Crippen molar-refractivity contribution in [1.82, 2.24) is 0 Å². The van der Waals surface area contributed by atoms with Gasteiger partial charge in [0.15, 0.2) is 0 Å². The molecule has 0 heterocycles. The van der Waals surface area contributed by atoms with Crippen LogP contribution in [-0.2, 0) is 0 Å². The Morgan fingerprint density at radius 1 is 1.29 bits per heavy atom. The molecule has 14 heavy (non-hydrogen) atoms. The van der Waals surface area contributed by atoms with Crippen LogP contribution in [0.2, 0.25) is 0 Å². The van der Waals surface area contributed by atoms with Crippen molar-refractivity contribution in [3.63, 3.8) is 0 Å². The first-order valence-electron chi connectivity index (χ1n) is 5.12. The zero-order valence-corrected chi connectivity index (χ0v) is 9.76. The van der Waals surface area contributed by atoms with E-state index in [-0.39, 0.29) is 0 Å². The highest BCUT2D eigenvalue weighted by Gasteiger charge is 2.00. The third kappa shape index (κ3) is 4.52. The quantitative estimate of drug-likeness (QED) is 0.509. The van der Waals surface area contributed by atoms with Gasteiger partial charge < -0.3 is 0 Å². The van der Waals surface area contributed by atoms with Gasteiger partial charge in [-0.25, -0.2) is 0 Å². The molecule has 0 aliphatic heterocycles. The first-order chi connectivity index (χ1) is 6.83. The van der Waals surface area contributed by atoms with Crippen LogP contribution in [0.3, 0.4) is 0 Å². The highest BCUT2D eigenvalue weighted by atomic mass is 32.2. The second-order valence-electron chi connectivity index (χ2n) is 3.53. The van der Waals surface area contributed by atoms with E-state index >= 15 is 0 Å². The highest BCUT2D eigenvalue weighted by Crippen LogP contribution is 2.21. The molecule has 1 atom stereocenters. The van der Waals surface area contributed by atoms with Crippen molar-refractivity contribution in [2.75, 3.05) is 5.75 Å². The van der Waals surface area contributed by atoms with Crippen LogP contribution in [0, 0.1) is 5.92 Å². The second kappa shape index (κ2) is 6.72. The average molecular weight is 206 g/mol. The van der Waals surface area contributed by atoms with E-state index in [1.165, 1.54) is 17.1 Å². The molecule has 0 N–H and O–H groups in total. The number of allylic oxidation sites excluding steroid dienone is 2. The summed E-state index contributed by atoms with van der Waals surface area (Å²) < 4.78 is 0. The van der Waals surface area contributed by atoms with E-state index in [2.05, 4.69) is 56.3 Å². The van der Waals surface area contributed by atoms with Gasteiger partial charge in [-0.15, -0.1) is 11.8 Å². The largest absolute Gasteiger partial charge is 0.126 e. The summed E-state index contributed by atoms with van der Waals surface area (Å²) in [5.41, 5.74) is 0. The van der Waals surface area contributed by atoms with Crippen LogP contribution in [0.15, 0.2) is 47.4 Å². The Labute approximate surface area is 91.4 Å². The fourth-order valence-electron chi connectivity index (χ4n) is 1.19. The fourth-order valence-corrected chi connectivity index (χ4v) is 2.15. The van der Waals surface area contributed by atoms with Gasteiger partial charge in [0.1, 0.15) is 0 Å². The minimum absolute atomic E-state index is 0.761. The highest BCUT2D eigenvalue weighted by molar-refractivity contribution is 7.99. The molecule has 0 aliphatic rings. The summed E-state index contributed by atoms with van der Waals surface area (Å²) in [7, 11) is 0. The predicted octanol–water partition coefficient (Wildman–Crippen LogP) is 4.38. The molecule has 0 bridgehead atoms. The van der Waals surface area contributed by atoms with E-state index in [4.69, 9.17) is 0 Å². The van der Waals surface area contributed by atoms with Crippen LogP contribution < -0.4 is 0 Å². The van der Waals surface area contributed by atoms with Crippen LogP contribution in [0.1, 0.15) is 20.3 Å². The molecule has 76 valence electrons. The lowest BCUT2D eigenvalue weighted by molar-refractivity contribution is 0.675. The molecule has 1 rings (SSSR count). The van der Waals surface area contributed by atoms with E-state index in [1.54, 1.807) is 0 Å². The lowest BCUT2D eigenvalue weighted by atomic mass is 10.1. The Morgan fingerprint density at radius 2 is 2.00 bits per heavy atom. The topological polar surface area (TPSA) is 0 Å². The summed E-state index contributed by atoms with van der Waals surface area (Å²) >= 11 is 1.95. The molecular formula is C13H18S. The number of hydrogen-bond acceptors (Lipinski definition) is 1. The summed E-state index contributed by atoms with van der Waals surface area (Å²) in [5, 5.41) is 0. The van der Waals surface area contributed by atoms with Gasteiger partial charge in [0, 0.05) is 10.6 Å². The summed E-state index contributed by atoms with van der Waals surface area (Å²) in [4.78, 5) is 1.37. The molecule has 0 aromatic heterocycles. The number of benzene rings is 1. The maximum Gasteiger partial charge on any atom is 0.00720 e. The van der Waals surface area contributed by atoms with Crippen molar-refractivity contribution in [1.29, 1.82) is 0 Å². The van der Waals surface area contributed by atoms with Gasteiger partial charge in [-0.3, -0.25) is 0 Å². The maximum absolute atomic E-state index is 2.30. The standard InChI is InChI=1S/C13H18S/c1-3-4-8-12(2)11-14-13-9-6-5-7-10-13/h3-7,9-10,12H,8,11H2,1-2H3/b4-3+. The van der Waals surface area contributed by atoms with Crippen molar-refractivity contribution in [3.05, 3.63) is 42.5 Å². The van der Waals surface area contributed by atoms with Gasteiger partial charge in [-0.2, -0.15) is 0 Å². The van der Waals surface area contributed by atoms with Crippen LogP contribution in [0.4, 0.5) is 0 Å². The Morgan fingerprint density at radius 3 is 2.64 bits per heavy atom. The minimum Gasteiger partial charge on any atom is -0.126 e. The van der Waals surface area contributed by atoms with E-state index in [1.807, 2.05) is 11.8 Å². The van der Waals surface area contributed by atoms with E-state index in [0.29, 0.717) is 0 Å². The monoisotopic (exact) mass is 206 g/mol. The van der Waals surface area contributed by atoms with Gasteiger partial charge in [0.2, 0.25) is 0 Å². The first kappa shape index (κ1) is 11.4. The number of hydrogen-bond donors (Lipinski definition) is 0. The molecule has 1 heteroatoms. The zero-order valence-electron chi connectivity index (χ0n) is 8.94. The molecule has 1 unspecified atom stereocenters. The van der Waals surface area contributed by atoms with Gasteiger partial charge >= 0.3 is 0 Å². The van der Waals surface area contributed by atoms with Crippen LogP contribution in [0.5, 0.6) is 0 Å². The molecule has 0 radical (unpaired) electrons. The summed E-state index contributed by atoms with van der Waals surface area (Å²) in [6, 6.07) is 10.6. The average Bonchev–Trinajstić information content (AvgIpc) is 2.25. The third-order valence-electron chi connectivity index (χ3n) is 2.05. The van der Waals surface area contributed by atoms with Gasteiger partial charge in [0.05, 0.1) is 0 Å². The normalized spacial score (nSPS) is 13.3. The molecular weight excluding hydrogens is 188 g/mol. The SMILES string of the molecule is C/C=C/CC(C)CSc1ccccc1. The third-order valence-corrected chi connectivity index (χ3v) is 3.39. The lowest BCUT2D eigenvalue weighted by Gasteiger charge is -2.07. The van der Waals surface area contributed by atoms with Crippen molar-refractivity contribution in [3.8, 4) is 0 Å². The molecule has 0 amide bonds. The van der Waals surface area contributed by atoms with Gasteiger partial charge in [0.25, 0.3) is 0 Å². The molecule has 0 fully saturated rings. The summed E-state index contributed by atoms with van der Waals surface area (Å²) in [6.07, 6.45) is 5.57. The molecule has 0 nitrogen and oxygen atoms in total. The van der Waals surface area contributed by atoms with Gasteiger partial charge in [-0.05, 0) is 31.4 Å². The summed E-state index contributed by atoms with van der Waals surface area (Å²) in [6.45, 7) is 4.38. The van der Waals surface area contributed by atoms with Crippen LogP contribution >= 0.6 is 11.8 Å².